The van der Waals surface area contributed by atoms with Gasteiger partial charge >= 0.3 is 5.97 Å². The van der Waals surface area contributed by atoms with E-state index >= 15 is 0 Å². The van der Waals surface area contributed by atoms with E-state index in [1.807, 2.05) is 0 Å². The van der Waals surface area contributed by atoms with Crippen molar-refractivity contribution in [2.45, 2.75) is 25.3 Å². The minimum absolute atomic E-state index is 0.545. The van der Waals surface area contributed by atoms with Crippen LogP contribution in [0.1, 0.15) is 13.3 Å². The van der Waals surface area contributed by atoms with E-state index in [1.165, 1.54) is 14.2 Å². The maximum atomic E-state index is 12.4. The zero-order valence-electron chi connectivity index (χ0n) is 7.36. The van der Waals surface area contributed by atoms with Crippen LogP contribution in [0.5, 0.6) is 0 Å². The molecule has 0 saturated heterocycles. The lowest BCUT2D eigenvalue weighted by atomic mass is 10.1. The van der Waals surface area contributed by atoms with Gasteiger partial charge in [-0.15, -0.1) is 0 Å². The van der Waals surface area contributed by atoms with Crippen LogP contribution in [0.25, 0.3) is 0 Å². The predicted molar refractivity (Wildman–Crippen MR) is 40.1 cm³/mol. The second-order valence-corrected chi connectivity index (χ2v) is 2.64. The molecule has 0 radical (unpaired) electrons. The van der Waals surface area contributed by atoms with Gasteiger partial charge < -0.3 is 10.1 Å². The molecular weight excluding hydrogens is 168 g/mol. The van der Waals surface area contributed by atoms with Crippen LogP contribution in [0.3, 0.4) is 0 Å². The number of nitrogens with one attached hydrogen (secondary N) is 1. The van der Waals surface area contributed by atoms with Crippen LogP contribution >= 0.6 is 0 Å². The summed E-state index contributed by atoms with van der Waals surface area (Å²) < 4.78 is 29.1. The van der Waals surface area contributed by atoms with Crippen LogP contribution in [0, 0.1) is 0 Å². The monoisotopic (exact) mass is 181 g/mol. The van der Waals surface area contributed by atoms with Crippen molar-refractivity contribution in [1.82, 2.24) is 5.32 Å². The number of rotatable bonds is 4. The summed E-state index contributed by atoms with van der Waals surface area (Å²) in [5.41, 5.74) is 0. The first-order valence-electron chi connectivity index (χ1n) is 3.53. The highest BCUT2D eigenvalue weighted by atomic mass is 19.3. The molecule has 0 aromatic carbocycles. The van der Waals surface area contributed by atoms with Crippen LogP contribution < -0.4 is 5.32 Å². The largest absolute Gasteiger partial charge is 0.468 e. The summed E-state index contributed by atoms with van der Waals surface area (Å²) in [6.45, 7) is 0.764. The van der Waals surface area contributed by atoms with Crippen molar-refractivity contribution in [3.05, 3.63) is 0 Å². The number of methoxy groups -OCH3 is 1. The first-order valence-corrected chi connectivity index (χ1v) is 3.53. The molecule has 0 aliphatic carbocycles. The Labute approximate surface area is 70.1 Å². The van der Waals surface area contributed by atoms with E-state index < -0.39 is 24.4 Å². The average Bonchev–Trinajstić information content (AvgIpc) is 1.97. The quantitative estimate of drug-likeness (QED) is 0.652. The van der Waals surface area contributed by atoms with E-state index in [-0.39, 0.29) is 0 Å². The summed E-state index contributed by atoms with van der Waals surface area (Å²) in [5, 5.41) is 2.45. The molecule has 0 unspecified atom stereocenters. The fourth-order valence-corrected chi connectivity index (χ4v) is 0.804. The maximum absolute atomic E-state index is 12.4. The summed E-state index contributed by atoms with van der Waals surface area (Å²) in [6, 6.07) is -0.935. The van der Waals surface area contributed by atoms with Gasteiger partial charge in [0.15, 0.2) is 0 Å². The second kappa shape index (κ2) is 4.35. The van der Waals surface area contributed by atoms with Gasteiger partial charge in [0.25, 0.3) is 0 Å². The Morgan fingerprint density at radius 1 is 1.67 bits per heavy atom. The molecule has 0 bridgehead atoms. The lowest BCUT2D eigenvalue weighted by Crippen LogP contribution is -2.39. The molecule has 72 valence electrons. The number of hydrogen-bond acceptors (Lipinski definition) is 3. The van der Waals surface area contributed by atoms with Crippen LogP contribution in [0.15, 0.2) is 0 Å². The van der Waals surface area contributed by atoms with Gasteiger partial charge in [-0.05, 0) is 14.0 Å². The lowest BCUT2D eigenvalue weighted by molar-refractivity contribution is -0.145. The second-order valence-electron chi connectivity index (χ2n) is 2.64. The normalized spacial score (nSPS) is 14.1. The Balaban J connectivity index is 4.09. The molecular formula is C7H13F2NO2. The highest BCUT2D eigenvalue weighted by molar-refractivity contribution is 5.75. The van der Waals surface area contributed by atoms with Gasteiger partial charge in [0, 0.05) is 6.42 Å². The maximum Gasteiger partial charge on any atom is 0.323 e. The van der Waals surface area contributed by atoms with Gasteiger partial charge in [0.1, 0.15) is 6.04 Å². The zero-order chi connectivity index (χ0) is 9.78. The van der Waals surface area contributed by atoms with Crippen molar-refractivity contribution in [3.63, 3.8) is 0 Å². The van der Waals surface area contributed by atoms with Crippen molar-refractivity contribution in [3.8, 4) is 0 Å². The number of likely N-dealkylation sites (N-methyl/N-ethyl adjacent to an activating group) is 1. The molecule has 3 nitrogen and oxygen atoms in total. The summed E-state index contributed by atoms with van der Waals surface area (Å²) in [5.74, 6) is -3.53. The summed E-state index contributed by atoms with van der Waals surface area (Å²) in [7, 11) is 2.60. The highest BCUT2D eigenvalue weighted by Crippen LogP contribution is 2.19. The fraction of sp³-hybridized carbons (Fsp3) is 0.857. The molecule has 0 rings (SSSR count). The topological polar surface area (TPSA) is 38.3 Å². The van der Waals surface area contributed by atoms with Crippen molar-refractivity contribution >= 4 is 5.97 Å². The van der Waals surface area contributed by atoms with Gasteiger partial charge in [-0.3, -0.25) is 4.79 Å². The fourth-order valence-electron chi connectivity index (χ4n) is 0.804. The van der Waals surface area contributed by atoms with Crippen LogP contribution in [0.2, 0.25) is 0 Å². The molecule has 0 heterocycles. The molecule has 0 amide bonds. The molecule has 0 fully saturated rings. The third-order valence-electron chi connectivity index (χ3n) is 1.40. The molecule has 1 atom stereocenters. The molecule has 0 aromatic rings. The van der Waals surface area contributed by atoms with Crippen LogP contribution in [0.4, 0.5) is 8.78 Å². The van der Waals surface area contributed by atoms with Crippen LogP contribution in [-0.4, -0.2) is 32.1 Å². The smallest absolute Gasteiger partial charge is 0.323 e. The Hall–Kier alpha value is -0.710. The molecule has 5 heteroatoms. The third kappa shape index (κ3) is 4.23. The minimum atomic E-state index is -2.86. The van der Waals surface area contributed by atoms with E-state index in [4.69, 9.17) is 0 Å². The van der Waals surface area contributed by atoms with E-state index in [0.717, 1.165) is 6.92 Å². The van der Waals surface area contributed by atoms with Crippen molar-refractivity contribution in [2.75, 3.05) is 14.2 Å². The minimum Gasteiger partial charge on any atom is -0.468 e. The van der Waals surface area contributed by atoms with E-state index in [9.17, 15) is 13.6 Å². The number of esters is 1. The van der Waals surface area contributed by atoms with Crippen molar-refractivity contribution < 1.29 is 18.3 Å². The van der Waals surface area contributed by atoms with Crippen molar-refractivity contribution in [1.29, 1.82) is 0 Å². The van der Waals surface area contributed by atoms with Gasteiger partial charge in [0.05, 0.1) is 7.11 Å². The molecule has 12 heavy (non-hydrogen) atoms. The first kappa shape index (κ1) is 11.3. The van der Waals surface area contributed by atoms with E-state index in [0.29, 0.717) is 0 Å². The molecule has 0 spiro atoms. The SMILES string of the molecule is CN[C@H](CC(C)(F)F)C(=O)OC. The third-order valence-corrected chi connectivity index (χ3v) is 1.40. The van der Waals surface area contributed by atoms with Gasteiger partial charge in [0.2, 0.25) is 5.92 Å². The van der Waals surface area contributed by atoms with Crippen molar-refractivity contribution in [2.24, 2.45) is 0 Å². The highest BCUT2D eigenvalue weighted by Gasteiger charge is 2.30. The molecule has 0 aromatic heterocycles. The number of carbonyl (C=O) groups excluding carboxylic acids is 1. The Morgan fingerprint density at radius 2 is 2.17 bits per heavy atom. The zero-order valence-corrected chi connectivity index (χ0v) is 7.36. The lowest BCUT2D eigenvalue weighted by Gasteiger charge is -2.17. The standard InChI is InChI=1S/C7H13F2NO2/c1-7(8,9)4-5(10-2)6(11)12-3/h5,10H,4H2,1-3H3/t5-/m1/s1. The summed E-state index contributed by atoms with van der Waals surface area (Å²) in [6.07, 6.45) is -0.545. The van der Waals surface area contributed by atoms with E-state index in [2.05, 4.69) is 10.1 Å². The Bertz CT molecular complexity index is 156. The Morgan fingerprint density at radius 3 is 2.42 bits per heavy atom. The number of hydrogen-bond donors (Lipinski definition) is 1. The Kier molecular flexibility index (Phi) is 4.09. The summed E-state index contributed by atoms with van der Waals surface area (Å²) >= 11 is 0. The predicted octanol–water partition coefficient (Wildman–Crippen LogP) is 0.793. The number of alkyl halides is 2. The van der Waals surface area contributed by atoms with Gasteiger partial charge in [-0.2, -0.15) is 0 Å². The van der Waals surface area contributed by atoms with Crippen LogP contribution in [-0.2, 0) is 9.53 Å². The number of carbonyl (C=O) groups is 1. The number of halogens is 2. The van der Waals surface area contributed by atoms with Gasteiger partial charge in [-0.25, -0.2) is 8.78 Å². The summed E-state index contributed by atoms with van der Waals surface area (Å²) in [4.78, 5) is 10.8. The number of ether oxygens (including phenoxy) is 1. The average molecular weight is 181 g/mol. The van der Waals surface area contributed by atoms with E-state index in [1.54, 1.807) is 0 Å². The molecule has 0 aliphatic heterocycles. The molecule has 0 aliphatic rings. The molecule has 0 saturated carbocycles. The first-order chi connectivity index (χ1) is 5.40. The van der Waals surface area contributed by atoms with Gasteiger partial charge in [-0.1, -0.05) is 0 Å². The molecule has 1 N–H and O–H groups in total.